The Morgan fingerprint density at radius 1 is 1.04 bits per heavy atom. The van der Waals surface area contributed by atoms with Gasteiger partial charge in [0, 0.05) is 5.56 Å². The molecule has 0 saturated carbocycles. The van der Waals surface area contributed by atoms with E-state index in [1.807, 2.05) is 67.6 Å². The minimum absolute atomic E-state index is 0.0979. The van der Waals surface area contributed by atoms with Gasteiger partial charge in [0.05, 0.1) is 22.6 Å². The molecule has 0 aliphatic carbocycles. The summed E-state index contributed by atoms with van der Waals surface area (Å²) in [7, 11) is 0. The summed E-state index contributed by atoms with van der Waals surface area (Å²) in [6, 6.07) is 21.0. The standard InChI is InChI=1S/C22H19N3O3/c1-15-19(16(2)28-24-15)14-27-22(26)21-13-20(17-9-5-3-6-10-17)23-25(21)18-11-7-4-8-12-18/h3-13H,14H2,1-2H3. The second-order valence-electron chi connectivity index (χ2n) is 6.41. The quantitative estimate of drug-likeness (QED) is 0.482. The maximum atomic E-state index is 12.9. The van der Waals surface area contributed by atoms with Crippen LogP contribution in [0.4, 0.5) is 0 Å². The van der Waals surface area contributed by atoms with Crippen LogP contribution in [0.25, 0.3) is 16.9 Å². The topological polar surface area (TPSA) is 70.2 Å². The van der Waals surface area contributed by atoms with Gasteiger partial charge in [0.15, 0.2) is 5.69 Å². The van der Waals surface area contributed by atoms with Crippen LogP contribution in [0.3, 0.4) is 0 Å². The molecule has 2 heterocycles. The van der Waals surface area contributed by atoms with E-state index in [-0.39, 0.29) is 6.61 Å². The highest BCUT2D eigenvalue weighted by Crippen LogP contribution is 2.23. The van der Waals surface area contributed by atoms with Gasteiger partial charge in [-0.15, -0.1) is 0 Å². The fourth-order valence-electron chi connectivity index (χ4n) is 2.96. The molecule has 0 N–H and O–H groups in total. The largest absolute Gasteiger partial charge is 0.456 e. The number of aryl methyl sites for hydroxylation is 2. The molecule has 0 fully saturated rings. The van der Waals surface area contributed by atoms with Gasteiger partial charge < -0.3 is 9.26 Å². The Hall–Kier alpha value is -3.67. The van der Waals surface area contributed by atoms with Gasteiger partial charge in [-0.2, -0.15) is 5.10 Å². The van der Waals surface area contributed by atoms with E-state index >= 15 is 0 Å². The summed E-state index contributed by atoms with van der Waals surface area (Å²) in [6.07, 6.45) is 0. The van der Waals surface area contributed by atoms with Crippen LogP contribution in [-0.4, -0.2) is 20.9 Å². The van der Waals surface area contributed by atoms with Crippen LogP contribution in [0.2, 0.25) is 0 Å². The molecule has 0 amide bonds. The third-order valence-electron chi connectivity index (χ3n) is 4.52. The summed E-state index contributed by atoms with van der Waals surface area (Å²) < 4.78 is 12.3. The van der Waals surface area contributed by atoms with Crippen LogP contribution in [0.5, 0.6) is 0 Å². The third-order valence-corrected chi connectivity index (χ3v) is 4.52. The zero-order valence-corrected chi connectivity index (χ0v) is 15.6. The smallest absolute Gasteiger partial charge is 0.357 e. The molecule has 0 saturated heterocycles. The number of para-hydroxylation sites is 1. The summed E-state index contributed by atoms with van der Waals surface area (Å²) in [4.78, 5) is 12.9. The van der Waals surface area contributed by atoms with Gasteiger partial charge in [0.25, 0.3) is 0 Å². The number of ether oxygens (including phenoxy) is 1. The lowest BCUT2D eigenvalue weighted by molar-refractivity contribution is 0.0460. The second kappa shape index (κ2) is 7.52. The van der Waals surface area contributed by atoms with Gasteiger partial charge in [-0.1, -0.05) is 53.7 Å². The summed E-state index contributed by atoms with van der Waals surface area (Å²) >= 11 is 0. The van der Waals surface area contributed by atoms with E-state index in [4.69, 9.17) is 9.26 Å². The second-order valence-corrected chi connectivity index (χ2v) is 6.41. The lowest BCUT2D eigenvalue weighted by Crippen LogP contribution is -2.12. The molecule has 0 spiro atoms. The predicted molar refractivity (Wildman–Crippen MR) is 104 cm³/mol. The van der Waals surface area contributed by atoms with Crippen molar-refractivity contribution in [2.45, 2.75) is 20.5 Å². The van der Waals surface area contributed by atoms with Crippen LogP contribution in [0.1, 0.15) is 27.5 Å². The Bertz CT molecular complexity index is 1080. The average Bonchev–Trinajstić information content (AvgIpc) is 3.32. The number of rotatable bonds is 5. The first kappa shape index (κ1) is 17.7. The first-order valence-corrected chi connectivity index (χ1v) is 8.93. The maximum Gasteiger partial charge on any atom is 0.357 e. The first-order chi connectivity index (χ1) is 13.6. The monoisotopic (exact) mass is 373 g/mol. The predicted octanol–water partition coefficient (Wildman–Crippen LogP) is 4.50. The Kier molecular flexibility index (Phi) is 4.76. The zero-order valence-electron chi connectivity index (χ0n) is 15.6. The summed E-state index contributed by atoms with van der Waals surface area (Å²) in [5.41, 5.74) is 4.27. The van der Waals surface area contributed by atoms with Gasteiger partial charge in [0.1, 0.15) is 12.4 Å². The van der Waals surface area contributed by atoms with Gasteiger partial charge >= 0.3 is 5.97 Å². The molecule has 2 aromatic heterocycles. The van der Waals surface area contributed by atoms with Crippen LogP contribution >= 0.6 is 0 Å². The molecule has 28 heavy (non-hydrogen) atoms. The molecule has 0 aliphatic heterocycles. The Labute approximate surface area is 162 Å². The van der Waals surface area contributed by atoms with Crippen molar-refractivity contribution in [1.82, 2.24) is 14.9 Å². The van der Waals surface area contributed by atoms with Crippen LogP contribution in [-0.2, 0) is 11.3 Å². The van der Waals surface area contributed by atoms with Crippen molar-refractivity contribution in [2.75, 3.05) is 0 Å². The van der Waals surface area contributed by atoms with E-state index in [1.165, 1.54) is 0 Å². The normalized spacial score (nSPS) is 10.8. The highest BCUT2D eigenvalue weighted by Gasteiger charge is 2.20. The Balaban J connectivity index is 1.68. The summed E-state index contributed by atoms with van der Waals surface area (Å²) in [5, 5.41) is 8.53. The van der Waals surface area contributed by atoms with Gasteiger partial charge in [0.2, 0.25) is 0 Å². The van der Waals surface area contributed by atoms with Crippen LogP contribution in [0, 0.1) is 13.8 Å². The van der Waals surface area contributed by atoms with Crippen molar-refractivity contribution >= 4 is 5.97 Å². The van der Waals surface area contributed by atoms with E-state index in [0.717, 1.165) is 16.8 Å². The molecular weight excluding hydrogens is 354 g/mol. The van der Waals surface area contributed by atoms with Crippen molar-refractivity contribution in [2.24, 2.45) is 0 Å². The minimum atomic E-state index is -0.460. The maximum absolute atomic E-state index is 12.9. The van der Waals surface area contributed by atoms with Crippen molar-refractivity contribution in [1.29, 1.82) is 0 Å². The summed E-state index contributed by atoms with van der Waals surface area (Å²) in [6.45, 7) is 3.72. The number of carbonyl (C=O) groups is 1. The SMILES string of the molecule is Cc1noc(C)c1COC(=O)c1cc(-c2ccccc2)nn1-c1ccccc1. The first-order valence-electron chi connectivity index (χ1n) is 8.93. The molecule has 140 valence electrons. The number of esters is 1. The molecule has 0 radical (unpaired) electrons. The highest BCUT2D eigenvalue weighted by atomic mass is 16.5. The van der Waals surface area contributed by atoms with E-state index < -0.39 is 5.97 Å². The highest BCUT2D eigenvalue weighted by molar-refractivity contribution is 5.89. The fourth-order valence-corrected chi connectivity index (χ4v) is 2.96. The van der Waals surface area contributed by atoms with Crippen molar-refractivity contribution < 1.29 is 14.1 Å². The molecule has 0 bridgehead atoms. The molecule has 0 aliphatic rings. The molecule has 0 unspecified atom stereocenters. The third kappa shape index (κ3) is 3.44. The molecule has 4 aromatic rings. The van der Waals surface area contributed by atoms with Gasteiger partial charge in [-0.05, 0) is 32.0 Å². The zero-order chi connectivity index (χ0) is 19.5. The summed E-state index contributed by atoms with van der Waals surface area (Å²) in [5.74, 6) is 0.186. The Morgan fingerprint density at radius 2 is 1.71 bits per heavy atom. The van der Waals surface area contributed by atoms with E-state index in [1.54, 1.807) is 17.7 Å². The fraction of sp³-hybridized carbons (Fsp3) is 0.136. The van der Waals surface area contributed by atoms with Crippen LogP contribution < -0.4 is 0 Å². The lowest BCUT2D eigenvalue weighted by atomic mass is 10.1. The van der Waals surface area contributed by atoms with Crippen molar-refractivity contribution in [3.8, 4) is 16.9 Å². The molecular formula is C22H19N3O3. The molecule has 0 atom stereocenters. The van der Waals surface area contributed by atoms with Crippen molar-refractivity contribution in [3.05, 3.63) is 89.4 Å². The van der Waals surface area contributed by atoms with Gasteiger partial charge in [-0.3, -0.25) is 0 Å². The van der Waals surface area contributed by atoms with Crippen LogP contribution in [0.15, 0.2) is 71.3 Å². The van der Waals surface area contributed by atoms with E-state index in [0.29, 0.717) is 22.8 Å². The molecule has 6 nitrogen and oxygen atoms in total. The number of hydrogen-bond donors (Lipinski definition) is 0. The minimum Gasteiger partial charge on any atom is -0.456 e. The Morgan fingerprint density at radius 3 is 2.36 bits per heavy atom. The number of benzene rings is 2. The van der Waals surface area contributed by atoms with E-state index in [2.05, 4.69) is 10.3 Å². The number of hydrogen-bond acceptors (Lipinski definition) is 5. The number of carbonyl (C=O) groups excluding carboxylic acids is 1. The molecule has 4 rings (SSSR count). The number of nitrogens with zero attached hydrogens (tertiary/aromatic N) is 3. The lowest BCUT2D eigenvalue weighted by Gasteiger charge is -2.07. The van der Waals surface area contributed by atoms with Gasteiger partial charge in [-0.25, -0.2) is 9.48 Å². The average molecular weight is 373 g/mol. The molecule has 2 aromatic carbocycles. The van der Waals surface area contributed by atoms with Crippen molar-refractivity contribution in [3.63, 3.8) is 0 Å². The number of aromatic nitrogens is 3. The van der Waals surface area contributed by atoms with E-state index in [9.17, 15) is 4.79 Å². The molecule has 6 heteroatoms.